The summed E-state index contributed by atoms with van der Waals surface area (Å²) in [5.74, 6) is -0.403. The third-order valence-corrected chi connectivity index (χ3v) is 5.66. The van der Waals surface area contributed by atoms with Crippen LogP contribution in [0.15, 0.2) is 59.8 Å². The van der Waals surface area contributed by atoms with Crippen molar-refractivity contribution in [3.05, 3.63) is 71.2 Å². The Morgan fingerprint density at radius 3 is 2.52 bits per heavy atom. The van der Waals surface area contributed by atoms with E-state index in [0.29, 0.717) is 24.8 Å². The number of rotatable bonds is 2. The third kappa shape index (κ3) is 3.46. The zero-order valence-corrected chi connectivity index (χ0v) is 17.0. The summed E-state index contributed by atoms with van der Waals surface area (Å²) in [6.45, 7) is 5.97. The van der Waals surface area contributed by atoms with Crippen molar-refractivity contribution < 1.29 is 14.0 Å². The number of amides is 1. The lowest BCUT2D eigenvalue weighted by molar-refractivity contribution is -0.119. The van der Waals surface area contributed by atoms with E-state index in [1.54, 1.807) is 17.0 Å². The van der Waals surface area contributed by atoms with Crippen molar-refractivity contribution in [1.82, 2.24) is 0 Å². The zero-order chi connectivity index (χ0) is 20.8. The number of halogens is 1. The highest BCUT2D eigenvalue weighted by atomic mass is 19.1. The second-order valence-corrected chi connectivity index (χ2v) is 8.55. The van der Waals surface area contributed by atoms with Crippen LogP contribution < -0.4 is 10.2 Å². The van der Waals surface area contributed by atoms with Crippen molar-refractivity contribution in [3.63, 3.8) is 0 Å². The standard InChI is InChI=1S/C24H25FN2O2/c1-4-21(29)27-19-8-6-5-7-17(19)26-18-13-24(2,3)14-20(28)22(18)23(27)15-9-11-16(25)12-10-15/h5-12,23,26H,4,13-14H2,1-3H3. The Morgan fingerprint density at radius 2 is 1.83 bits per heavy atom. The molecule has 1 aliphatic heterocycles. The summed E-state index contributed by atoms with van der Waals surface area (Å²) in [6.07, 6.45) is 1.41. The number of carbonyl (C=O) groups is 2. The Kier molecular flexibility index (Phi) is 4.77. The number of hydrogen-bond donors (Lipinski definition) is 1. The van der Waals surface area contributed by atoms with Gasteiger partial charge in [0.2, 0.25) is 5.91 Å². The molecule has 0 saturated carbocycles. The number of ketones is 1. The molecule has 0 saturated heterocycles. The minimum atomic E-state index is -0.585. The number of anilines is 2. The molecule has 0 radical (unpaired) electrons. The Morgan fingerprint density at radius 1 is 1.14 bits per heavy atom. The maximum absolute atomic E-state index is 13.6. The molecule has 2 aliphatic rings. The van der Waals surface area contributed by atoms with Crippen LogP contribution >= 0.6 is 0 Å². The van der Waals surface area contributed by atoms with Gasteiger partial charge in [-0.05, 0) is 41.7 Å². The van der Waals surface area contributed by atoms with Crippen molar-refractivity contribution in [2.75, 3.05) is 10.2 Å². The highest BCUT2D eigenvalue weighted by Gasteiger charge is 2.42. The van der Waals surface area contributed by atoms with Crippen LogP contribution in [0, 0.1) is 11.2 Å². The van der Waals surface area contributed by atoms with Gasteiger partial charge in [-0.1, -0.05) is 45.0 Å². The average molecular weight is 392 g/mol. The summed E-state index contributed by atoms with van der Waals surface area (Å²) in [5, 5.41) is 3.46. The predicted octanol–water partition coefficient (Wildman–Crippen LogP) is 5.38. The van der Waals surface area contributed by atoms with Crippen molar-refractivity contribution in [2.24, 2.45) is 5.41 Å². The number of allylic oxidation sites excluding steroid dienone is 1. The second-order valence-electron chi connectivity index (χ2n) is 8.55. The van der Waals surface area contributed by atoms with E-state index in [1.807, 2.05) is 31.2 Å². The molecule has 1 aliphatic carbocycles. The largest absolute Gasteiger partial charge is 0.357 e. The van der Waals surface area contributed by atoms with Gasteiger partial charge in [-0.2, -0.15) is 0 Å². The van der Waals surface area contributed by atoms with Crippen LogP contribution in [-0.2, 0) is 9.59 Å². The number of fused-ring (bicyclic) bond motifs is 1. The molecular weight excluding hydrogens is 367 g/mol. The molecule has 1 heterocycles. The Labute approximate surface area is 170 Å². The van der Waals surface area contributed by atoms with Crippen LogP contribution in [0.4, 0.5) is 15.8 Å². The van der Waals surface area contributed by atoms with Crippen molar-refractivity contribution >= 4 is 23.1 Å². The first-order valence-corrected chi connectivity index (χ1v) is 10.0. The van der Waals surface area contributed by atoms with Gasteiger partial charge in [0.05, 0.1) is 17.4 Å². The van der Waals surface area contributed by atoms with Crippen LogP contribution in [0.1, 0.15) is 51.6 Å². The zero-order valence-electron chi connectivity index (χ0n) is 17.0. The fraction of sp³-hybridized carbons (Fsp3) is 0.333. The highest BCUT2D eigenvalue weighted by molar-refractivity contribution is 6.06. The Balaban J connectivity index is 2.00. The van der Waals surface area contributed by atoms with Gasteiger partial charge in [-0.15, -0.1) is 0 Å². The highest BCUT2D eigenvalue weighted by Crippen LogP contribution is 2.48. The van der Waals surface area contributed by atoms with E-state index in [4.69, 9.17) is 0 Å². The molecule has 2 aromatic carbocycles. The molecule has 1 N–H and O–H groups in total. The second kappa shape index (κ2) is 7.14. The minimum Gasteiger partial charge on any atom is -0.357 e. The number of hydrogen-bond acceptors (Lipinski definition) is 3. The first kappa shape index (κ1) is 19.4. The fourth-order valence-electron chi connectivity index (χ4n) is 4.39. The number of carbonyl (C=O) groups excluding carboxylic acids is 2. The Hall–Kier alpha value is -2.95. The van der Waals surface area contributed by atoms with E-state index in [0.717, 1.165) is 22.6 Å². The summed E-state index contributed by atoms with van der Waals surface area (Å²) >= 11 is 0. The lowest BCUT2D eigenvalue weighted by atomic mass is 9.73. The average Bonchev–Trinajstić information content (AvgIpc) is 2.81. The fourth-order valence-corrected chi connectivity index (χ4v) is 4.39. The SMILES string of the molecule is CCC(=O)N1c2ccccc2NC2=C(C(=O)CC(C)(C)C2)C1c1ccc(F)cc1. The van der Waals surface area contributed by atoms with E-state index in [2.05, 4.69) is 19.2 Å². The summed E-state index contributed by atoms with van der Waals surface area (Å²) in [4.78, 5) is 28.2. The van der Waals surface area contributed by atoms with Gasteiger partial charge in [0, 0.05) is 24.1 Å². The quantitative estimate of drug-likeness (QED) is 0.747. The summed E-state index contributed by atoms with van der Waals surface area (Å²) < 4.78 is 13.6. The smallest absolute Gasteiger partial charge is 0.227 e. The van der Waals surface area contributed by atoms with Crippen LogP contribution in [0.3, 0.4) is 0 Å². The van der Waals surface area contributed by atoms with Gasteiger partial charge in [0.1, 0.15) is 5.82 Å². The number of para-hydroxylation sites is 2. The molecule has 0 fully saturated rings. The molecule has 1 unspecified atom stereocenters. The van der Waals surface area contributed by atoms with Gasteiger partial charge in [-0.25, -0.2) is 4.39 Å². The maximum Gasteiger partial charge on any atom is 0.227 e. The summed E-state index contributed by atoms with van der Waals surface area (Å²) in [7, 11) is 0. The van der Waals surface area contributed by atoms with Gasteiger partial charge >= 0.3 is 0 Å². The molecule has 5 heteroatoms. The van der Waals surface area contributed by atoms with Gasteiger partial charge < -0.3 is 5.32 Å². The van der Waals surface area contributed by atoms with Crippen LogP contribution in [0.5, 0.6) is 0 Å². The van der Waals surface area contributed by atoms with Gasteiger partial charge in [0.15, 0.2) is 5.78 Å². The van der Waals surface area contributed by atoms with Gasteiger partial charge in [-0.3, -0.25) is 14.5 Å². The van der Waals surface area contributed by atoms with E-state index < -0.39 is 6.04 Å². The summed E-state index contributed by atoms with van der Waals surface area (Å²) in [5.41, 5.74) is 3.54. The lowest BCUT2D eigenvalue weighted by Gasteiger charge is -2.37. The van der Waals surface area contributed by atoms with E-state index in [9.17, 15) is 14.0 Å². The van der Waals surface area contributed by atoms with Crippen LogP contribution in [0.25, 0.3) is 0 Å². The molecule has 0 aromatic heterocycles. The van der Waals surface area contributed by atoms with E-state index in [1.165, 1.54) is 12.1 Å². The minimum absolute atomic E-state index is 0.0276. The monoisotopic (exact) mass is 392 g/mol. The molecule has 1 atom stereocenters. The topological polar surface area (TPSA) is 49.4 Å². The molecule has 1 amide bonds. The third-order valence-electron chi connectivity index (χ3n) is 5.66. The first-order chi connectivity index (χ1) is 13.8. The van der Waals surface area contributed by atoms with Crippen molar-refractivity contribution in [3.8, 4) is 0 Å². The number of Topliss-reactive ketones (excluding diaryl/α,β-unsaturated/α-hetero) is 1. The van der Waals surface area contributed by atoms with Crippen LogP contribution in [0.2, 0.25) is 0 Å². The van der Waals surface area contributed by atoms with Crippen LogP contribution in [-0.4, -0.2) is 11.7 Å². The molecule has 150 valence electrons. The van der Waals surface area contributed by atoms with Crippen molar-refractivity contribution in [1.29, 1.82) is 0 Å². The Bertz CT molecular complexity index is 1010. The number of nitrogens with zero attached hydrogens (tertiary/aromatic N) is 1. The maximum atomic E-state index is 13.6. The first-order valence-electron chi connectivity index (χ1n) is 10.0. The van der Waals surface area contributed by atoms with E-state index in [-0.39, 0.29) is 22.9 Å². The summed E-state index contributed by atoms with van der Waals surface area (Å²) in [6, 6.07) is 13.1. The molecule has 0 bridgehead atoms. The number of nitrogens with one attached hydrogen (secondary N) is 1. The predicted molar refractivity (Wildman–Crippen MR) is 112 cm³/mol. The molecule has 2 aromatic rings. The lowest BCUT2D eigenvalue weighted by Crippen LogP contribution is -2.39. The molecule has 29 heavy (non-hydrogen) atoms. The molecule has 4 nitrogen and oxygen atoms in total. The molecule has 0 spiro atoms. The van der Waals surface area contributed by atoms with E-state index >= 15 is 0 Å². The van der Waals surface area contributed by atoms with Gasteiger partial charge in [0.25, 0.3) is 0 Å². The number of benzene rings is 2. The van der Waals surface area contributed by atoms with Crippen molar-refractivity contribution in [2.45, 2.75) is 46.1 Å². The normalized spacial score (nSPS) is 20.5. The molecular formula is C24H25FN2O2. The molecule has 4 rings (SSSR count).